The van der Waals surface area contributed by atoms with Gasteiger partial charge in [-0.15, -0.1) is 0 Å². The van der Waals surface area contributed by atoms with Crippen molar-refractivity contribution in [2.24, 2.45) is 0 Å². The Kier molecular flexibility index (Phi) is 2.59. The van der Waals surface area contributed by atoms with Gasteiger partial charge in [0, 0.05) is 11.8 Å². The highest BCUT2D eigenvalue weighted by atomic mass is 14.7. The molecular formula is C13H13N. The van der Waals surface area contributed by atoms with E-state index in [2.05, 4.69) is 30.1 Å². The Morgan fingerprint density at radius 1 is 1.00 bits per heavy atom. The van der Waals surface area contributed by atoms with Gasteiger partial charge in [0.05, 0.1) is 5.69 Å². The van der Waals surface area contributed by atoms with Gasteiger partial charge in [-0.2, -0.15) is 0 Å². The highest BCUT2D eigenvalue weighted by Crippen LogP contribution is 2.20. The number of aryl methyl sites for hydroxylation is 1. The quantitative estimate of drug-likeness (QED) is 0.696. The first-order valence-electron chi connectivity index (χ1n) is 4.91. The van der Waals surface area contributed by atoms with Crippen molar-refractivity contribution >= 4 is 0 Å². The second-order valence-electron chi connectivity index (χ2n) is 3.23. The predicted octanol–water partition coefficient (Wildman–Crippen LogP) is 3.31. The van der Waals surface area contributed by atoms with Crippen LogP contribution in [0.2, 0.25) is 0 Å². The van der Waals surface area contributed by atoms with E-state index in [9.17, 15) is 0 Å². The van der Waals surface area contributed by atoms with Gasteiger partial charge < -0.3 is 0 Å². The molecule has 0 amide bonds. The highest BCUT2D eigenvalue weighted by Gasteiger charge is 2.02. The van der Waals surface area contributed by atoms with E-state index in [1.165, 1.54) is 11.1 Å². The minimum absolute atomic E-state index is 1.03. The van der Waals surface area contributed by atoms with Gasteiger partial charge in [-0.3, -0.25) is 4.98 Å². The molecule has 1 heteroatoms. The molecule has 0 unspecified atom stereocenters. The maximum absolute atomic E-state index is 4.42. The Labute approximate surface area is 84.4 Å². The second kappa shape index (κ2) is 4.05. The van der Waals surface area contributed by atoms with E-state index < -0.39 is 0 Å². The van der Waals surface area contributed by atoms with E-state index in [1.54, 1.807) is 0 Å². The molecule has 0 aliphatic heterocycles. The molecule has 70 valence electrons. The second-order valence-corrected chi connectivity index (χ2v) is 3.23. The molecule has 2 rings (SSSR count). The molecule has 1 nitrogen and oxygen atoms in total. The molecule has 1 aromatic carbocycles. The van der Waals surface area contributed by atoms with Crippen LogP contribution in [-0.2, 0) is 6.42 Å². The minimum Gasteiger partial charge on any atom is -0.256 e. The van der Waals surface area contributed by atoms with Gasteiger partial charge in [-0.05, 0) is 18.1 Å². The number of rotatable bonds is 2. The lowest BCUT2D eigenvalue weighted by atomic mass is 10.0. The van der Waals surface area contributed by atoms with E-state index in [0.29, 0.717) is 0 Å². The fourth-order valence-electron chi connectivity index (χ4n) is 1.58. The maximum atomic E-state index is 4.42. The molecule has 0 aliphatic carbocycles. The van der Waals surface area contributed by atoms with Crippen molar-refractivity contribution in [3.8, 4) is 11.3 Å². The van der Waals surface area contributed by atoms with E-state index >= 15 is 0 Å². The molecule has 1 heterocycles. The Balaban J connectivity index is 2.51. The summed E-state index contributed by atoms with van der Waals surface area (Å²) in [5, 5.41) is 0. The summed E-state index contributed by atoms with van der Waals surface area (Å²) in [6, 6.07) is 14.4. The summed E-state index contributed by atoms with van der Waals surface area (Å²) in [6.45, 7) is 2.16. The smallest absolute Gasteiger partial charge is 0.0733 e. The Morgan fingerprint density at radius 2 is 1.79 bits per heavy atom. The molecule has 0 fully saturated rings. The monoisotopic (exact) mass is 183 g/mol. The van der Waals surface area contributed by atoms with Crippen molar-refractivity contribution in [1.29, 1.82) is 0 Å². The fraction of sp³-hybridized carbons (Fsp3) is 0.154. The van der Waals surface area contributed by atoms with Gasteiger partial charge in [-0.1, -0.05) is 43.3 Å². The molecule has 0 saturated heterocycles. The summed E-state index contributed by atoms with van der Waals surface area (Å²) in [5.74, 6) is 0. The predicted molar refractivity (Wildman–Crippen MR) is 59.1 cm³/mol. The Hall–Kier alpha value is -1.63. The van der Waals surface area contributed by atoms with Crippen molar-refractivity contribution in [2.75, 3.05) is 0 Å². The van der Waals surface area contributed by atoms with Crippen LogP contribution < -0.4 is 0 Å². The average molecular weight is 183 g/mol. The third-order valence-corrected chi connectivity index (χ3v) is 2.32. The summed E-state index contributed by atoms with van der Waals surface area (Å²) >= 11 is 0. The zero-order valence-electron chi connectivity index (χ0n) is 8.27. The van der Waals surface area contributed by atoms with Crippen LogP contribution in [0.5, 0.6) is 0 Å². The molecule has 14 heavy (non-hydrogen) atoms. The summed E-state index contributed by atoms with van der Waals surface area (Å²) in [4.78, 5) is 4.42. The standard InChI is InChI=1S/C13H13N/c1-2-11-9-6-10-14-13(11)12-7-4-3-5-8-12/h3-10H,2H2,1H3. The van der Waals surface area contributed by atoms with Crippen LogP contribution in [0.15, 0.2) is 48.7 Å². The summed E-state index contributed by atoms with van der Waals surface area (Å²) in [5.41, 5.74) is 3.61. The van der Waals surface area contributed by atoms with Gasteiger partial charge >= 0.3 is 0 Å². The number of hydrogen-bond donors (Lipinski definition) is 0. The lowest BCUT2D eigenvalue weighted by Gasteiger charge is -2.05. The van der Waals surface area contributed by atoms with Gasteiger partial charge in [0.15, 0.2) is 0 Å². The van der Waals surface area contributed by atoms with Crippen LogP contribution in [-0.4, -0.2) is 4.98 Å². The number of nitrogens with zero attached hydrogens (tertiary/aromatic N) is 1. The largest absolute Gasteiger partial charge is 0.256 e. The van der Waals surface area contributed by atoms with E-state index in [-0.39, 0.29) is 0 Å². The van der Waals surface area contributed by atoms with Crippen LogP contribution >= 0.6 is 0 Å². The van der Waals surface area contributed by atoms with Crippen molar-refractivity contribution in [3.63, 3.8) is 0 Å². The molecule has 0 N–H and O–H groups in total. The van der Waals surface area contributed by atoms with Crippen LogP contribution in [0.1, 0.15) is 12.5 Å². The van der Waals surface area contributed by atoms with Crippen molar-refractivity contribution < 1.29 is 0 Å². The van der Waals surface area contributed by atoms with Gasteiger partial charge in [-0.25, -0.2) is 0 Å². The van der Waals surface area contributed by atoms with Gasteiger partial charge in [0.1, 0.15) is 0 Å². The van der Waals surface area contributed by atoms with Gasteiger partial charge in [0.25, 0.3) is 0 Å². The van der Waals surface area contributed by atoms with Crippen LogP contribution in [0.4, 0.5) is 0 Å². The average Bonchev–Trinajstić information content (AvgIpc) is 2.30. The molecule has 0 bridgehead atoms. The lowest BCUT2D eigenvalue weighted by molar-refractivity contribution is 1.11. The zero-order chi connectivity index (χ0) is 9.80. The molecule has 0 spiro atoms. The molecule has 0 saturated carbocycles. The van der Waals surface area contributed by atoms with Crippen molar-refractivity contribution in [3.05, 3.63) is 54.2 Å². The summed E-state index contributed by atoms with van der Waals surface area (Å²) in [6.07, 6.45) is 2.87. The first-order chi connectivity index (χ1) is 6.92. The Bertz CT molecular complexity index is 407. The molecule has 0 atom stereocenters. The molecule has 2 aromatic rings. The fourth-order valence-corrected chi connectivity index (χ4v) is 1.58. The van der Waals surface area contributed by atoms with Crippen LogP contribution in [0, 0.1) is 0 Å². The van der Waals surface area contributed by atoms with E-state index in [0.717, 1.165) is 12.1 Å². The summed E-state index contributed by atoms with van der Waals surface area (Å²) in [7, 11) is 0. The first-order valence-corrected chi connectivity index (χ1v) is 4.91. The maximum Gasteiger partial charge on any atom is 0.0733 e. The van der Waals surface area contributed by atoms with Gasteiger partial charge in [0.2, 0.25) is 0 Å². The third kappa shape index (κ3) is 1.67. The van der Waals surface area contributed by atoms with Crippen LogP contribution in [0.25, 0.3) is 11.3 Å². The minimum atomic E-state index is 1.03. The first kappa shape index (κ1) is 8.95. The topological polar surface area (TPSA) is 12.9 Å². The number of hydrogen-bond acceptors (Lipinski definition) is 1. The van der Waals surface area contributed by atoms with Crippen LogP contribution in [0.3, 0.4) is 0 Å². The van der Waals surface area contributed by atoms with E-state index in [4.69, 9.17) is 0 Å². The summed E-state index contributed by atoms with van der Waals surface area (Å²) < 4.78 is 0. The number of aromatic nitrogens is 1. The third-order valence-electron chi connectivity index (χ3n) is 2.32. The number of pyridine rings is 1. The van der Waals surface area contributed by atoms with Crippen molar-refractivity contribution in [2.45, 2.75) is 13.3 Å². The number of benzene rings is 1. The SMILES string of the molecule is CCc1cccnc1-c1ccccc1. The molecule has 1 aromatic heterocycles. The molecule has 0 radical (unpaired) electrons. The normalized spacial score (nSPS) is 10.1. The highest BCUT2D eigenvalue weighted by molar-refractivity contribution is 5.62. The molecular weight excluding hydrogens is 170 g/mol. The Morgan fingerprint density at radius 3 is 2.50 bits per heavy atom. The molecule has 0 aliphatic rings. The lowest BCUT2D eigenvalue weighted by Crippen LogP contribution is -1.90. The van der Waals surface area contributed by atoms with E-state index in [1.807, 2.05) is 30.5 Å². The van der Waals surface area contributed by atoms with Crippen molar-refractivity contribution in [1.82, 2.24) is 4.98 Å². The zero-order valence-corrected chi connectivity index (χ0v) is 8.27.